The SMILES string of the molecule is COc1ccccc1-c1cc(=O)c2ccc(NC(=O)c3cccc(C)c3)cc2o1. The second-order valence-corrected chi connectivity index (χ2v) is 6.71. The van der Waals surface area contributed by atoms with Gasteiger partial charge in [0.05, 0.1) is 18.1 Å². The predicted molar refractivity (Wildman–Crippen MR) is 114 cm³/mol. The highest BCUT2D eigenvalue weighted by molar-refractivity contribution is 6.05. The Kier molecular flexibility index (Phi) is 4.87. The molecule has 0 aliphatic carbocycles. The van der Waals surface area contributed by atoms with Crippen LogP contribution in [-0.2, 0) is 0 Å². The van der Waals surface area contributed by atoms with Gasteiger partial charge in [0.1, 0.15) is 17.1 Å². The molecule has 1 heterocycles. The van der Waals surface area contributed by atoms with Crippen LogP contribution in [0, 0.1) is 6.92 Å². The Morgan fingerprint density at radius 2 is 1.79 bits per heavy atom. The molecule has 0 aliphatic heterocycles. The van der Waals surface area contributed by atoms with Gasteiger partial charge >= 0.3 is 0 Å². The first-order chi connectivity index (χ1) is 14.0. The summed E-state index contributed by atoms with van der Waals surface area (Å²) in [5.74, 6) is 0.789. The Morgan fingerprint density at radius 3 is 2.59 bits per heavy atom. The van der Waals surface area contributed by atoms with E-state index in [1.165, 1.54) is 6.07 Å². The van der Waals surface area contributed by atoms with Crippen molar-refractivity contribution in [2.45, 2.75) is 6.92 Å². The van der Waals surface area contributed by atoms with Gasteiger partial charge in [-0.25, -0.2) is 0 Å². The second kappa shape index (κ2) is 7.64. The van der Waals surface area contributed by atoms with Crippen molar-refractivity contribution in [3.8, 4) is 17.1 Å². The standard InChI is InChI=1S/C24H19NO4/c1-15-6-5-7-16(12-15)24(27)25-17-10-11-18-20(26)14-23(29-22(18)13-17)19-8-3-4-9-21(19)28-2/h3-14H,1-2H3,(H,25,27). The van der Waals surface area contributed by atoms with Crippen molar-refractivity contribution in [2.24, 2.45) is 0 Å². The molecule has 3 aromatic carbocycles. The first kappa shape index (κ1) is 18.5. The van der Waals surface area contributed by atoms with E-state index in [9.17, 15) is 9.59 Å². The molecule has 0 aliphatic rings. The summed E-state index contributed by atoms with van der Waals surface area (Å²) in [5.41, 5.74) is 3.02. The van der Waals surface area contributed by atoms with Crippen molar-refractivity contribution in [1.82, 2.24) is 0 Å². The van der Waals surface area contributed by atoms with Crippen molar-refractivity contribution in [1.29, 1.82) is 0 Å². The highest BCUT2D eigenvalue weighted by atomic mass is 16.5. The van der Waals surface area contributed by atoms with Crippen molar-refractivity contribution < 1.29 is 13.9 Å². The number of aryl methyl sites for hydroxylation is 1. The van der Waals surface area contributed by atoms with E-state index in [-0.39, 0.29) is 11.3 Å². The van der Waals surface area contributed by atoms with Crippen LogP contribution in [0.3, 0.4) is 0 Å². The van der Waals surface area contributed by atoms with Gasteiger partial charge in [-0.3, -0.25) is 9.59 Å². The lowest BCUT2D eigenvalue weighted by Gasteiger charge is -2.10. The van der Waals surface area contributed by atoms with Gasteiger partial charge < -0.3 is 14.5 Å². The Labute approximate surface area is 167 Å². The smallest absolute Gasteiger partial charge is 0.255 e. The molecule has 5 heteroatoms. The molecule has 0 atom stereocenters. The zero-order chi connectivity index (χ0) is 20.4. The summed E-state index contributed by atoms with van der Waals surface area (Å²) in [4.78, 5) is 25.1. The topological polar surface area (TPSA) is 68.5 Å². The lowest BCUT2D eigenvalue weighted by molar-refractivity contribution is 0.102. The quantitative estimate of drug-likeness (QED) is 0.535. The average Bonchev–Trinajstić information content (AvgIpc) is 2.73. The van der Waals surface area contributed by atoms with E-state index in [0.29, 0.717) is 39.3 Å². The third-order valence-corrected chi connectivity index (χ3v) is 4.64. The molecule has 5 nitrogen and oxygen atoms in total. The van der Waals surface area contributed by atoms with Gasteiger partial charge in [-0.1, -0.05) is 29.8 Å². The maximum Gasteiger partial charge on any atom is 0.255 e. The third-order valence-electron chi connectivity index (χ3n) is 4.64. The van der Waals surface area contributed by atoms with Crippen LogP contribution in [0.5, 0.6) is 5.75 Å². The number of para-hydroxylation sites is 1. The van der Waals surface area contributed by atoms with E-state index in [1.807, 2.05) is 43.3 Å². The summed E-state index contributed by atoms with van der Waals surface area (Å²) in [6.07, 6.45) is 0. The molecule has 1 aromatic heterocycles. The molecular weight excluding hydrogens is 366 g/mol. The summed E-state index contributed by atoms with van der Waals surface area (Å²) in [5, 5.41) is 3.30. The number of methoxy groups -OCH3 is 1. The van der Waals surface area contributed by atoms with E-state index < -0.39 is 0 Å². The molecule has 1 N–H and O–H groups in total. The van der Waals surface area contributed by atoms with Crippen LogP contribution in [-0.4, -0.2) is 13.0 Å². The van der Waals surface area contributed by atoms with Crippen LogP contribution in [0.1, 0.15) is 15.9 Å². The summed E-state index contributed by atoms with van der Waals surface area (Å²) in [7, 11) is 1.57. The van der Waals surface area contributed by atoms with Crippen LogP contribution < -0.4 is 15.5 Å². The van der Waals surface area contributed by atoms with E-state index in [1.54, 1.807) is 37.4 Å². The maximum absolute atomic E-state index is 12.6. The van der Waals surface area contributed by atoms with E-state index in [4.69, 9.17) is 9.15 Å². The largest absolute Gasteiger partial charge is 0.496 e. The van der Waals surface area contributed by atoms with Gasteiger partial charge in [0.15, 0.2) is 5.43 Å². The molecule has 4 aromatic rings. The lowest BCUT2D eigenvalue weighted by atomic mass is 10.1. The van der Waals surface area contributed by atoms with Crippen LogP contribution >= 0.6 is 0 Å². The van der Waals surface area contributed by atoms with Gasteiger partial charge in [-0.05, 0) is 43.3 Å². The monoisotopic (exact) mass is 385 g/mol. The Morgan fingerprint density at radius 1 is 0.966 bits per heavy atom. The summed E-state index contributed by atoms with van der Waals surface area (Å²) < 4.78 is 11.4. The number of hydrogen-bond donors (Lipinski definition) is 1. The number of rotatable bonds is 4. The van der Waals surface area contributed by atoms with Crippen molar-refractivity contribution in [3.05, 3.63) is 94.1 Å². The number of ether oxygens (including phenoxy) is 1. The molecule has 0 saturated carbocycles. The predicted octanol–water partition coefficient (Wildman–Crippen LogP) is 5.03. The number of nitrogens with one attached hydrogen (secondary N) is 1. The fourth-order valence-corrected chi connectivity index (χ4v) is 3.20. The van der Waals surface area contributed by atoms with Gasteiger partial charge in [0.25, 0.3) is 5.91 Å². The molecule has 0 unspecified atom stereocenters. The zero-order valence-corrected chi connectivity index (χ0v) is 16.1. The number of amides is 1. The van der Waals surface area contributed by atoms with Gasteiger partial charge in [0, 0.05) is 23.4 Å². The molecule has 1 amide bonds. The summed E-state index contributed by atoms with van der Waals surface area (Å²) >= 11 is 0. The molecular formula is C24H19NO4. The molecule has 144 valence electrons. The van der Waals surface area contributed by atoms with Gasteiger partial charge in [-0.15, -0.1) is 0 Å². The maximum atomic E-state index is 12.6. The van der Waals surface area contributed by atoms with Crippen LogP contribution in [0.2, 0.25) is 0 Å². The van der Waals surface area contributed by atoms with Crippen LogP contribution in [0.15, 0.2) is 82.0 Å². The number of carbonyl (C=O) groups is 1. The Bertz CT molecular complexity index is 1270. The normalized spacial score (nSPS) is 10.7. The zero-order valence-electron chi connectivity index (χ0n) is 16.1. The molecule has 0 bridgehead atoms. The average molecular weight is 385 g/mol. The number of hydrogen-bond acceptors (Lipinski definition) is 4. The Hall–Kier alpha value is -3.86. The minimum atomic E-state index is -0.226. The number of fused-ring (bicyclic) bond motifs is 1. The van der Waals surface area contributed by atoms with Crippen molar-refractivity contribution in [3.63, 3.8) is 0 Å². The molecule has 4 rings (SSSR count). The minimum Gasteiger partial charge on any atom is -0.496 e. The highest BCUT2D eigenvalue weighted by Crippen LogP contribution is 2.31. The van der Waals surface area contributed by atoms with Crippen LogP contribution in [0.25, 0.3) is 22.3 Å². The third kappa shape index (κ3) is 3.75. The van der Waals surface area contributed by atoms with Gasteiger partial charge in [0.2, 0.25) is 0 Å². The number of anilines is 1. The first-order valence-electron chi connectivity index (χ1n) is 9.14. The molecule has 0 fully saturated rings. The summed E-state index contributed by atoms with van der Waals surface area (Å²) in [6, 6.07) is 21.1. The van der Waals surface area contributed by atoms with Crippen molar-refractivity contribution >= 4 is 22.6 Å². The number of benzene rings is 3. The Balaban J connectivity index is 1.73. The number of carbonyl (C=O) groups excluding carboxylic acids is 1. The van der Waals surface area contributed by atoms with Gasteiger partial charge in [-0.2, -0.15) is 0 Å². The van der Waals surface area contributed by atoms with Crippen LogP contribution in [0.4, 0.5) is 5.69 Å². The first-order valence-corrected chi connectivity index (χ1v) is 9.14. The second-order valence-electron chi connectivity index (χ2n) is 6.71. The van der Waals surface area contributed by atoms with E-state index in [0.717, 1.165) is 5.56 Å². The van der Waals surface area contributed by atoms with E-state index >= 15 is 0 Å². The molecule has 0 saturated heterocycles. The minimum absolute atomic E-state index is 0.163. The van der Waals surface area contributed by atoms with E-state index in [2.05, 4.69) is 5.32 Å². The highest BCUT2D eigenvalue weighted by Gasteiger charge is 2.12. The molecule has 0 radical (unpaired) electrons. The molecule has 0 spiro atoms. The lowest BCUT2D eigenvalue weighted by Crippen LogP contribution is -2.12. The summed E-state index contributed by atoms with van der Waals surface area (Å²) in [6.45, 7) is 1.93. The van der Waals surface area contributed by atoms with Crippen molar-refractivity contribution in [2.75, 3.05) is 12.4 Å². The molecule has 29 heavy (non-hydrogen) atoms. The fourth-order valence-electron chi connectivity index (χ4n) is 3.20. The fraction of sp³-hybridized carbons (Fsp3) is 0.0833.